The third kappa shape index (κ3) is 4.11. The topological polar surface area (TPSA) is 79.5 Å². The van der Waals surface area contributed by atoms with Crippen molar-refractivity contribution in [3.63, 3.8) is 0 Å². The van der Waals surface area contributed by atoms with Gasteiger partial charge in [0.05, 0.1) is 12.4 Å². The molecule has 0 unspecified atom stereocenters. The van der Waals surface area contributed by atoms with Crippen LogP contribution in [0.25, 0.3) is 5.65 Å². The molecule has 0 spiro atoms. The van der Waals surface area contributed by atoms with Crippen LogP contribution in [0.4, 0.5) is 5.82 Å². The van der Waals surface area contributed by atoms with Gasteiger partial charge in [0.15, 0.2) is 11.5 Å². The van der Waals surface area contributed by atoms with Crippen LogP contribution in [0, 0.1) is 5.92 Å². The molecule has 0 radical (unpaired) electrons. The molecule has 5 rings (SSSR count). The number of nitrogens with zero attached hydrogens (tertiary/aromatic N) is 7. The van der Waals surface area contributed by atoms with Gasteiger partial charge in [0.2, 0.25) is 5.91 Å². The lowest BCUT2D eigenvalue weighted by Crippen LogP contribution is -2.43. The maximum Gasteiger partial charge on any atom is 0.226 e. The Balaban J connectivity index is 1.24. The number of carbonyl (C=O) groups excluding carboxylic acids is 1. The van der Waals surface area contributed by atoms with Crippen LogP contribution in [-0.4, -0.2) is 55.0 Å². The summed E-state index contributed by atoms with van der Waals surface area (Å²) in [4.78, 5) is 22.1. The average molecular weight is 420 g/mol. The molecule has 0 atom stereocenters. The first kappa shape index (κ1) is 19.9. The van der Waals surface area contributed by atoms with E-state index in [9.17, 15) is 4.79 Å². The number of piperidine rings is 1. The zero-order valence-corrected chi connectivity index (χ0v) is 18.2. The van der Waals surface area contributed by atoms with E-state index in [-0.39, 0.29) is 5.92 Å². The van der Waals surface area contributed by atoms with Crippen LogP contribution in [0.2, 0.25) is 0 Å². The first-order valence-electron chi connectivity index (χ1n) is 11.3. The van der Waals surface area contributed by atoms with E-state index in [1.54, 1.807) is 16.9 Å². The van der Waals surface area contributed by atoms with Crippen LogP contribution >= 0.6 is 0 Å². The lowest BCUT2D eigenvalue weighted by atomic mass is 9.94. The number of amides is 1. The highest BCUT2D eigenvalue weighted by Crippen LogP contribution is 2.32. The zero-order valence-electron chi connectivity index (χ0n) is 18.2. The van der Waals surface area contributed by atoms with Crippen molar-refractivity contribution in [3.05, 3.63) is 47.8 Å². The summed E-state index contributed by atoms with van der Waals surface area (Å²) in [6.07, 6.45) is 7.38. The van der Waals surface area contributed by atoms with Gasteiger partial charge in [-0.25, -0.2) is 0 Å². The summed E-state index contributed by atoms with van der Waals surface area (Å²) in [5, 5.41) is 11.8. The van der Waals surface area contributed by atoms with Gasteiger partial charge in [-0.1, -0.05) is 38.1 Å². The molecule has 2 fully saturated rings. The van der Waals surface area contributed by atoms with Crippen LogP contribution in [0.5, 0.6) is 0 Å². The third-order valence-electron chi connectivity index (χ3n) is 6.53. The Labute approximate surface area is 182 Å². The van der Waals surface area contributed by atoms with E-state index in [4.69, 9.17) is 0 Å². The van der Waals surface area contributed by atoms with Gasteiger partial charge in [-0.3, -0.25) is 9.78 Å². The molecule has 1 saturated carbocycles. The Kier molecular flexibility index (Phi) is 5.29. The Hall–Kier alpha value is -3.03. The maximum absolute atomic E-state index is 13.4. The molecular weight excluding hydrogens is 390 g/mol. The van der Waals surface area contributed by atoms with E-state index < -0.39 is 0 Å². The van der Waals surface area contributed by atoms with Crippen LogP contribution in [0.3, 0.4) is 0 Å². The molecule has 1 saturated heterocycles. The molecule has 2 aromatic heterocycles. The fourth-order valence-electron chi connectivity index (χ4n) is 4.45. The number of hydrogen-bond donors (Lipinski definition) is 0. The molecule has 31 heavy (non-hydrogen) atoms. The summed E-state index contributed by atoms with van der Waals surface area (Å²) in [7, 11) is 0. The van der Waals surface area contributed by atoms with Gasteiger partial charge in [-0.05, 0) is 53.2 Å². The number of fused-ring (bicyclic) bond motifs is 1. The van der Waals surface area contributed by atoms with E-state index >= 15 is 0 Å². The summed E-state index contributed by atoms with van der Waals surface area (Å²) < 4.78 is 1.71. The standard InChI is InChI=1S/C23H29N7O/c1-16(2)18-5-3-17(4-6-18)15-29(20-7-8-20)23(31)19-9-11-28(12-10-19)22-14-24-13-21-25-26-27-30(21)22/h3-6,13-14,16,19-20H,7-12,15H2,1-2H3. The van der Waals surface area contributed by atoms with Crippen molar-refractivity contribution in [1.29, 1.82) is 0 Å². The van der Waals surface area contributed by atoms with E-state index in [2.05, 4.69) is 68.4 Å². The highest BCUT2D eigenvalue weighted by atomic mass is 16.2. The molecule has 3 heterocycles. The number of rotatable bonds is 6. The Bertz CT molecular complexity index is 1050. The molecular formula is C23H29N7O. The number of anilines is 1. The molecule has 2 aliphatic rings. The quantitative estimate of drug-likeness (QED) is 0.611. The van der Waals surface area contributed by atoms with E-state index in [1.807, 2.05) is 0 Å². The number of benzene rings is 1. The SMILES string of the molecule is CC(C)c1ccc(CN(C(=O)C2CCN(c3cncc4nnnn34)CC2)C2CC2)cc1. The lowest BCUT2D eigenvalue weighted by Gasteiger charge is -2.35. The monoisotopic (exact) mass is 419 g/mol. The largest absolute Gasteiger partial charge is 0.355 e. The predicted octanol–water partition coefficient (Wildman–Crippen LogP) is 3.05. The third-order valence-corrected chi connectivity index (χ3v) is 6.53. The van der Waals surface area contributed by atoms with E-state index in [1.165, 1.54) is 11.1 Å². The first-order valence-corrected chi connectivity index (χ1v) is 11.3. The van der Waals surface area contributed by atoms with Gasteiger partial charge in [-0.2, -0.15) is 4.52 Å². The predicted molar refractivity (Wildman–Crippen MR) is 118 cm³/mol. The first-order chi connectivity index (χ1) is 15.1. The Morgan fingerprint density at radius 3 is 2.52 bits per heavy atom. The van der Waals surface area contributed by atoms with Gasteiger partial charge in [0, 0.05) is 31.6 Å². The van der Waals surface area contributed by atoms with Crippen molar-refractivity contribution in [3.8, 4) is 0 Å². The molecule has 1 aliphatic carbocycles. The molecule has 1 aliphatic heterocycles. The molecule has 162 valence electrons. The van der Waals surface area contributed by atoms with Gasteiger partial charge in [0.25, 0.3) is 0 Å². The van der Waals surface area contributed by atoms with Crippen molar-refractivity contribution in [2.75, 3.05) is 18.0 Å². The number of aromatic nitrogens is 5. The second-order valence-corrected chi connectivity index (χ2v) is 9.07. The van der Waals surface area contributed by atoms with Crippen molar-refractivity contribution in [2.24, 2.45) is 5.92 Å². The lowest BCUT2D eigenvalue weighted by molar-refractivity contribution is -0.137. The van der Waals surface area contributed by atoms with Crippen molar-refractivity contribution in [2.45, 2.75) is 58.0 Å². The summed E-state index contributed by atoms with van der Waals surface area (Å²) in [6, 6.07) is 9.17. The van der Waals surface area contributed by atoms with Crippen LogP contribution in [0.15, 0.2) is 36.7 Å². The van der Waals surface area contributed by atoms with Gasteiger partial charge >= 0.3 is 0 Å². The van der Waals surface area contributed by atoms with Crippen LogP contribution in [-0.2, 0) is 11.3 Å². The Morgan fingerprint density at radius 2 is 1.84 bits per heavy atom. The fourth-order valence-corrected chi connectivity index (χ4v) is 4.45. The minimum Gasteiger partial charge on any atom is -0.355 e. The molecule has 0 bridgehead atoms. The Morgan fingerprint density at radius 1 is 1.10 bits per heavy atom. The van der Waals surface area contributed by atoms with Gasteiger partial charge in [-0.15, -0.1) is 5.10 Å². The van der Waals surface area contributed by atoms with Crippen LogP contribution < -0.4 is 4.90 Å². The highest BCUT2D eigenvalue weighted by molar-refractivity contribution is 5.80. The number of hydrogen-bond acceptors (Lipinski definition) is 6. The molecule has 1 amide bonds. The second-order valence-electron chi connectivity index (χ2n) is 9.07. The normalized spacial score (nSPS) is 17.5. The number of carbonyl (C=O) groups is 1. The molecule has 8 nitrogen and oxygen atoms in total. The maximum atomic E-state index is 13.4. The summed E-state index contributed by atoms with van der Waals surface area (Å²) in [6.45, 7) is 6.74. The minimum atomic E-state index is 0.0767. The zero-order chi connectivity index (χ0) is 21.4. The second kappa shape index (κ2) is 8.24. The smallest absolute Gasteiger partial charge is 0.226 e. The van der Waals surface area contributed by atoms with Crippen molar-refractivity contribution >= 4 is 17.4 Å². The summed E-state index contributed by atoms with van der Waals surface area (Å²) >= 11 is 0. The van der Waals surface area contributed by atoms with E-state index in [0.717, 1.165) is 51.1 Å². The molecule has 0 N–H and O–H groups in total. The summed E-state index contributed by atoms with van der Waals surface area (Å²) in [5.41, 5.74) is 3.20. The van der Waals surface area contributed by atoms with E-state index in [0.29, 0.717) is 23.5 Å². The number of tetrazole rings is 1. The average Bonchev–Trinajstić information content (AvgIpc) is 3.52. The molecule has 1 aromatic carbocycles. The van der Waals surface area contributed by atoms with Crippen molar-refractivity contribution in [1.82, 2.24) is 29.9 Å². The van der Waals surface area contributed by atoms with Gasteiger partial charge in [0.1, 0.15) is 0 Å². The van der Waals surface area contributed by atoms with Gasteiger partial charge < -0.3 is 9.80 Å². The minimum absolute atomic E-state index is 0.0767. The molecule has 3 aromatic rings. The molecule has 8 heteroatoms. The fraction of sp³-hybridized carbons (Fsp3) is 0.522. The van der Waals surface area contributed by atoms with Crippen LogP contribution in [0.1, 0.15) is 56.6 Å². The highest BCUT2D eigenvalue weighted by Gasteiger charge is 2.37. The van der Waals surface area contributed by atoms with Crippen molar-refractivity contribution < 1.29 is 4.79 Å². The summed E-state index contributed by atoms with van der Waals surface area (Å²) in [5.74, 6) is 1.80.